The van der Waals surface area contributed by atoms with Crippen molar-refractivity contribution in [2.45, 2.75) is 19.8 Å². The molecule has 0 bridgehead atoms. The monoisotopic (exact) mass is 242 g/mol. The van der Waals surface area contributed by atoms with Gasteiger partial charge >= 0.3 is 5.97 Å². The van der Waals surface area contributed by atoms with Gasteiger partial charge < -0.3 is 9.47 Å². The van der Waals surface area contributed by atoms with Crippen molar-refractivity contribution < 1.29 is 14.3 Å². The first kappa shape index (κ1) is 12.8. The molecule has 0 saturated heterocycles. The second-order valence-electron chi connectivity index (χ2n) is 3.34. The van der Waals surface area contributed by atoms with Gasteiger partial charge in [-0.25, -0.2) is 4.79 Å². The highest BCUT2D eigenvalue weighted by Gasteiger charge is 2.09. The minimum absolute atomic E-state index is 0.401. The zero-order chi connectivity index (χ0) is 12.0. The quantitative estimate of drug-likeness (QED) is 0.587. The first-order valence-electron chi connectivity index (χ1n) is 5.19. The summed E-state index contributed by atoms with van der Waals surface area (Å²) in [5.74, 6) is 0.199. The van der Waals surface area contributed by atoms with Crippen LogP contribution in [0.15, 0.2) is 18.2 Å². The summed E-state index contributed by atoms with van der Waals surface area (Å²) in [5, 5.41) is 0.430. The predicted octanol–water partition coefficient (Wildman–Crippen LogP) is 3.31. The first-order valence-corrected chi connectivity index (χ1v) is 5.57. The van der Waals surface area contributed by atoms with Gasteiger partial charge in [0.2, 0.25) is 0 Å². The highest BCUT2D eigenvalue weighted by Crippen LogP contribution is 2.25. The molecule has 0 aliphatic carbocycles. The number of unbranched alkanes of at least 4 members (excludes halogenated alkanes) is 1. The largest absolute Gasteiger partial charge is 0.492 e. The molecule has 0 aliphatic heterocycles. The lowest BCUT2D eigenvalue weighted by atomic mass is 10.2. The van der Waals surface area contributed by atoms with Crippen molar-refractivity contribution in [2.75, 3.05) is 13.7 Å². The van der Waals surface area contributed by atoms with E-state index in [2.05, 4.69) is 11.7 Å². The van der Waals surface area contributed by atoms with Crippen molar-refractivity contribution in [3.8, 4) is 5.75 Å². The van der Waals surface area contributed by atoms with Crippen LogP contribution in [0.2, 0.25) is 5.02 Å². The molecule has 88 valence electrons. The molecule has 0 aliphatic rings. The number of benzene rings is 1. The Morgan fingerprint density at radius 3 is 2.75 bits per heavy atom. The number of rotatable bonds is 5. The van der Waals surface area contributed by atoms with E-state index in [1.165, 1.54) is 7.11 Å². The molecule has 0 N–H and O–H groups in total. The Morgan fingerprint density at radius 2 is 2.19 bits per heavy atom. The summed E-state index contributed by atoms with van der Waals surface area (Å²) < 4.78 is 10.1. The van der Waals surface area contributed by atoms with Crippen molar-refractivity contribution in [3.05, 3.63) is 28.8 Å². The van der Waals surface area contributed by atoms with E-state index in [0.717, 1.165) is 12.8 Å². The Hall–Kier alpha value is -1.22. The zero-order valence-corrected chi connectivity index (χ0v) is 10.2. The lowest BCUT2D eigenvalue weighted by Crippen LogP contribution is -2.02. The fourth-order valence-corrected chi connectivity index (χ4v) is 1.42. The lowest BCUT2D eigenvalue weighted by Gasteiger charge is -2.08. The van der Waals surface area contributed by atoms with E-state index in [9.17, 15) is 4.79 Å². The standard InChI is InChI=1S/C12H15ClO3/c1-3-4-7-16-11-6-5-9(8-10(11)13)12(14)15-2/h5-6,8H,3-4,7H2,1-2H3. The SMILES string of the molecule is CCCCOc1ccc(C(=O)OC)cc1Cl. The van der Waals surface area contributed by atoms with Crippen LogP contribution in [0.5, 0.6) is 5.75 Å². The molecule has 1 rings (SSSR count). The van der Waals surface area contributed by atoms with Crippen molar-refractivity contribution in [1.82, 2.24) is 0 Å². The van der Waals surface area contributed by atoms with Crippen LogP contribution in [-0.2, 0) is 4.74 Å². The summed E-state index contributed by atoms with van der Waals surface area (Å²) in [4.78, 5) is 11.2. The van der Waals surface area contributed by atoms with Crippen molar-refractivity contribution in [2.24, 2.45) is 0 Å². The second-order valence-corrected chi connectivity index (χ2v) is 3.75. The van der Waals surface area contributed by atoms with Crippen LogP contribution in [0.4, 0.5) is 0 Å². The molecular formula is C12H15ClO3. The fourth-order valence-electron chi connectivity index (χ4n) is 1.19. The summed E-state index contributed by atoms with van der Waals surface area (Å²) in [6.45, 7) is 2.72. The third-order valence-corrected chi connectivity index (χ3v) is 2.40. The topological polar surface area (TPSA) is 35.5 Å². The van der Waals surface area contributed by atoms with Crippen LogP contribution >= 0.6 is 11.6 Å². The summed E-state index contributed by atoms with van der Waals surface area (Å²) in [6, 6.07) is 4.87. The van der Waals surface area contributed by atoms with Gasteiger partial charge in [0.15, 0.2) is 0 Å². The lowest BCUT2D eigenvalue weighted by molar-refractivity contribution is 0.0600. The number of hydrogen-bond acceptors (Lipinski definition) is 3. The number of halogens is 1. The smallest absolute Gasteiger partial charge is 0.337 e. The molecular weight excluding hydrogens is 228 g/mol. The highest BCUT2D eigenvalue weighted by molar-refractivity contribution is 6.32. The van der Waals surface area contributed by atoms with E-state index >= 15 is 0 Å². The van der Waals surface area contributed by atoms with Crippen molar-refractivity contribution in [3.63, 3.8) is 0 Å². The Balaban J connectivity index is 2.71. The number of esters is 1. The maximum Gasteiger partial charge on any atom is 0.337 e. The fraction of sp³-hybridized carbons (Fsp3) is 0.417. The maximum atomic E-state index is 11.2. The summed E-state index contributed by atoms with van der Waals surface area (Å²) in [7, 11) is 1.34. The molecule has 0 atom stereocenters. The Labute approximate surface area is 100 Å². The molecule has 0 aromatic heterocycles. The van der Waals surface area contributed by atoms with Gasteiger partial charge in [-0.1, -0.05) is 24.9 Å². The van der Waals surface area contributed by atoms with Gasteiger partial charge in [0.25, 0.3) is 0 Å². The van der Waals surface area contributed by atoms with Crippen LogP contribution in [0, 0.1) is 0 Å². The Bertz CT molecular complexity index is 363. The molecule has 0 amide bonds. The van der Waals surface area contributed by atoms with E-state index in [4.69, 9.17) is 16.3 Å². The molecule has 0 radical (unpaired) electrons. The van der Waals surface area contributed by atoms with E-state index < -0.39 is 5.97 Å². The van der Waals surface area contributed by atoms with E-state index in [-0.39, 0.29) is 0 Å². The predicted molar refractivity (Wildman–Crippen MR) is 63.2 cm³/mol. The van der Waals surface area contributed by atoms with Gasteiger partial charge in [0.1, 0.15) is 5.75 Å². The minimum Gasteiger partial charge on any atom is -0.492 e. The Kier molecular flexibility index (Phi) is 5.12. The van der Waals surface area contributed by atoms with Crippen LogP contribution in [0.25, 0.3) is 0 Å². The maximum absolute atomic E-state index is 11.2. The number of carbonyl (C=O) groups excluding carboxylic acids is 1. The summed E-state index contributed by atoms with van der Waals surface area (Å²) >= 11 is 5.98. The average molecular weight is 243 g/mol. The average Bonchev–Trinajstić information content (AvgIpc) is 2.30. The summed E-state index contributed by atoms with van der Waals surface area (Å²) in [6.07, 6.45) is 2.05. The van der Waals surface area contributed by atoms with Crippen molar-refractivity contribution >= 4 is 17.6 Å². The van der Waals surface area contributed by atoms with Gasteiger partial charge in [-0.3, -0.25) is 0 Å². The molecule has 0 fully saturated rings. The Morgan fingerprint density at radius 1 is 1.44 bits per heavy atom. The molecule has 0 heterocycles. The number of ether oxygens (including phenoxy) is 2. The molecule has 1 aromatic rings. The van der Waals surface area contributed by atoms with Gasteiger partial charge in [-0.2, -0.15) is 0 Å². The minimum atomic E-state index is -0.401. The number of methoxy groups -OCH3 is 1. The molecule has 1 aromatic carbocycles. The first-order chi connectivity index (χ1) is 7.69. The molecule has 3 nitrogen and oxygen atoms in total. The number of hydrogen-bond donors (Lipinski definition) is 0. The number of carbonyl (C=O) groups is 1. The molecule has 16 heavy (non-hydrogen) atoms. The van der Waals surface area contributed by atoms with Gasteiger partial charge in [0.05, 0.1) is 24.3 Å². The zero-order valence-electron chi connectivity index (χ0n) is 9.46. The van der Waals surface area contributed by atoms with Gasteiger partial charge in [-0.15, -0.1) is 0 Å². The van der Waals surface area contributed by atoms with E-state index in [1.54, 1.807) is 18.2 Å². The van der Waals surface area contributed by atoms with Gasteiger partial charge in [0, 0.05) is 0 Å². The normalized spacial score (nSPS) is 9.94. The van der Waals surface area contributed by atoms with Crippen LogP contribution < -0.4 is 4.74 Å². The van der Waals surface area contributed by atoms with Crippen molar-refractivity contribution in [1.29, 1.82) is 0 Å². The third-order valence-electron chi connectivity index (χ3n) is 2.11. The summed E-state index contributed by atoms with van der Waals surface area (Å²) in [5.41, 5.74) is 0.426. The molecule has 0 unspecified atom stereocenters. The molecule has 0 spiro atoms. The van der Waals surface area contributed by atoms with Crippen LogP contribution in [0.3, 0.4) is 0 Å². The van der Waals surface area contributed by atoms with Gasteiger partial charge in [-0.05, 0) is 24.6 Å². The van der Waals surface area contributed by atoms with E-state index in [0.29, 0.717) is 22.9 Å². The molecule has 0 saturated carbocycles. The second kappa shape index (κ2) is 6.38. The van der Waals surface area contributed by atoms with E-state index in [1.807, 2.05) is 0 Å². The highest BCUT2D eigenvalue weighted by atomic mass is 35.5. The van der Waals surface area contributed by atoms with Crippen LogP contribution in [-0.4, -0.2) is 19.7 Å². The third kappa shape index (κ3) is 3.42. The van der Waals surface area contributed by atoms with Crippen LogP contribution in [0.1, 0.15) is 30.1 Å². The molecule has 4 heteroatoms.